The van der Waals surface area contributed by atoms with Gasteiger partial charge in [0.25, 0.3) is 0 Å². The van der Waals surface area contributed by atoms with E-state index in [1.807, 2.05) is 17.9 Å². The molecule has 0 unspecified atom stereocenters. The van der Waals surface area contributed by atoms with Crippen LogP contribution in [-0.4, -0.2) is 45.9 Å². The van der Waals surface area contributed by atoms with Gasteiger partial charge in [0.2, 0.25) is 5.95 Å². The van der Waals surface area contributed by atoms with Crippen molar-refractivity contribution in [2.75, 3.05) is 36.0 Å². The van der Waals surface area contributed by atoms with Gasteiger partial charge in [-0.2, -0.15) is 15.1 Å². The van der Waals surface area contributed by atoms with Crippen LogP contribution < -0.4 is 9.80 Å². The molecule has 2 aromatic heterocycles. The first-order chi connectivity index (χ1) is 10.3. The Morgan fingerprint density at radius 3 is 2.29 bits per heavy atom. The van der Waals surface area contributed by atoms with Crippen molar-refractivity contribution < 1.29 is 0 Å². The number of nitrogens with zero attached hydrogens (tertiary/aromatic N) is 6. The third-order valence-corrected chi connectivity index (χ3v) is 4.60. The van der Waals surface area contributed by atoms with E-state index < -0.39 is 0 Å². The van der Waals surface area contributed by atoms with Gasteiger partial charge < -0.3 is 9.80 Å². The summed E-state index contributed by atoms with van der Waals surface area (Å²) in [6, 6.07) is 0. The molecule has 0 aliphatic carbocycles. The van der Waals surface area contributed by atoms with E-state index in [1.54, 1.807) is 0 Å². The van der Waals surface area contributed by atoms with Gasteiger partial charge in [-0.15, -0.1) is 0 Å². The maximum absolute atomic E-state index is 4.91. The Hall–Kier alpha value is -1.85. The van der Waals surface area contributed by atoms with Gasteiger partial charge in [0.15, 0.2) is 5.65 Å². The van der Waals surface area contributed by atoms with Crippen molar-refractivity contribution in [3.8, 4) is 0 Å². The minimum atomic E-state index is 0.882. The van der Waals surface area contributed by atoms with E-state index in [1.165, 1.54) is 32.1 Å². The van der Waals surface area contributed by atoms with Gasteiger partial charge >= 0.3 is 0 Å². The molecule has 0 aromatic carbocycles. The third-order valence-electron chi connectivity index (χ3n) is 4.60. The Morgan fingerprint density at radius 1 is 0.857 bits per heavy atom. The normalized spacial score (nSPS) is 19.7. The van der Waals surface area contributed by atoms with Gasteiger partial charge in [-0.25, -0.2) is 0 Å². The van der Waals surface area contributed by atoms with E-state index in [0.717, 1.165) is 49.0 Å². The monoisotopic (exact) mass is 286 g/mol. The summed E-state index contributed by atoms with van der Waals surface area (Å²) >= 11 is 0. The molecule has 2 aliphatic rings. The van der Waals surface area contributed by atoms with Crippen LogP contribution in [0.2, 0.25) is 0 Å². The van der Waals surface area contributed by atoms with E-state index in [4.69, 9.17) is 9.97 Å². The standard InChI is InChI=1S/C15H22N6/c1-19-13-12(11-16-19)14(20-7-5-6-8-20)18-15(17-13)21-9-3-2-4-10-21/h11H,2-10H2,1H3. The summed E-state index contributed by atoms with van der Waals surface area (Å²) < 4.78 is 1.87. The molecule has 112 valence electrons. The average molecular weight is 286 g/mol. The minimum Gasteiger partial charge on any atom is -0.356 e. The summed E-state index contributed by atoms with van der Waals surface area (Å²) in [5, 5.41) is 5.47. The second-order valence-electron chi connectivity index (χ2n) is 6.09. The molecule has 0 saturated carbocycles. The molecule has 0 amide bonds. The summed E-state index contributed by atoms with van der Waals surface area (Å²) in [7, 11) is 1.96. The van der Waals surface area contributed by atoms with Crippen LogP contribution in [-0.2, 0) is 7.05 Å². The highest BCUT2D eigenvalue weighted by atomic mass is 15.3. The van der Waals surface area contributed by atoms with E-state index in [2.05, 4.69) is 14.9 Å². The van der Waals surface area contributed by atoms with Crippen LogP contribution in [0, 0.1) is 0 Å². The van der Waals surface area contributed by atoms with Gasteiger partial charge in [0.1, 0.15) is 5.82 Å². The summed E-state index contributed by atoms with van der Waals surface area (Å²) in [6.45, 7) is 4.34. The lowest BCUT2D eigenvalue weighted by molar-refractivity contribution is 0.568. The largest absolute Gasteiger partial charge is 0.356 e. The van der Waals surface area contributed by atoms with Crippen molar-refractivity contribution in [3.63, 3.8) is 0 Å². The van der Waals surface area contributed by atoms with E-state index in [-0.39, 0.29) is 0 Å². The molecular formula is C15H22N6. The molecule has 21 heavy (non-hydrogen) atoms. The number of aryl methyl sites for hydroxylation is 1. The second kappa shape index (κ2) is 5.16. The summed E-state index contributed by atoms with van der Waals surface area (Å²) in [4.78, 5) is 14.4. The van der Waals surface area contributed by atoms with Crippen molar-refractivity contribution in [2.24, 2.45) is 7.05 Å². The smallest absolute Gasteiger partial charge is 0.229 e. The van der Waals surface area contributed by atoms with Crippen LogP contribution in [0.3, 0.4) is 0 Å². The number of fused-ring (bicyclic) bond motifs is 1. The van der Waals surface area contributed by atoms with Gasteiger partial charge in [-0.05, 0) is 32.1 Å². The first-order valence-electron chi connectivity index (χ1n) is 8.02. The van der Waals surface area contributed by atoms with Crippen LogP contribution in [0.1, 0.15) is 32.1 Å². The Morgan fingerprint density at radius 2 is 1.52 bits per heavy atom. The Bertz CT molecular complexity index is 637. The fraction of sp³-hybridized carbons (Fsp3) is 0.667. The second-order valence-corrected chi connectivity index (χ2v) is 6.09. The SMILES string of the molecule is Cn1ncc2c(N3CCCC3)nc(N3CCCCC3)nc21. The zero-order valence-electron chi connectivity index (χ0n) is 12.6. The molecule has 2 fully saturated rings. The highest BCUT2D eigenvalue weighted by molar-refractivity contribution is 5.88. The summed E-state index contributed by atoms with van der Waals surface area (Å²) in [6.07, 6.45) is 8.22. The molecule has 0 bridgehead atoms. The molecule has 2 aromatic rings. The molecule has 0 radical (unpaired) electrons. The highest BCUT2D eigenvalue weighted by Crippen LogP contribution is 2.29. The predicted molar refractivity (Wildman–Crippen MR) is 83.8 cm³/mol. The van der Waals surface area contributed by atoms with E-state index in [0.29, 0.717) is 0 Å². The van der Waals surface area contributed by atoms with Crippen LogP contribution in [0.15, 0.2) is 6.20 Å². The maximum Gasteiger partial charge on any atom is 0.229 e. The first-order valence-corrected chi connectivity index (χ1v) is 8.02. The van der Waals surface area contributed by atoms with Crippen molar-refractivity contribution in [2.45, 2.75) is 32.1 Å². The number of aromatic nitrogens is 4. The summed E-state index contributed by atoms with van der Waals surface area (Å²) in [5.74, 6) is 1.96. The lowest BCUT2D eigenvalue weighted by Gasteiger charge is -2.28. The topological polar surface area (TPSA) is 50.1 Å². The van der Waals surface area contributed by atoms with E-state index >= 15 is 0 Å². The van der Waals surface area contributed by atoms with Crippen LogP contribution in [0.4, 0.5) is 11.8 Å². The fourth-order valence-electron chi connectivity index (χ4n) is 3.40. The zero-order chi connectivity index (χ0) is 14.2. The quantitative estimate of drug-likeness (QED) is 0.844. The van der Waals surface area contributed by atoms with Crippen LogP contribution in [0.5, 0.6) is 0 Å². The molecular weight excluding hydrogens is 264 g/mol. The van der Waals surface area contributed by atoms with Crippen molar-refractivity contribution in [1.82, 2.24) is 19.7 Å². The van der Waals surface area contributed by atoms with Crippen LogP contribution in [0.25, 0.3) is 11.0 Å². The van der Waals surface area contributed by atoms with Gasteiger partial charge in [0.05, 0.1) is 11.6 Å². The first kappa shape index (κ1) is 12.9. The number of anilines is 2. The molecule has 6 heteroatoms. The molecule has 0 spiro atoms. The van der Waals surface area contributed by atoms with Crippen molar-refractivity contribution in [3.05, 3.63) is 6.20 Å². The fourth-order valence-corrected chi connectivity index (χ4v) is 3.40. The Labute approximate surface area is 124 Å². The lowest BCUT2D eigenvalue weighted by Crippen LogP contribution is -2.32. The zero-order valence-corrected chi connectivity index (χ0v) is 12.6. The molecule has 0 atom stereocenters. The molecule has 6 nitrogen and oxygen atoms in total. The predicted octanol–water partition coefficient (Wildman–Crippen LogP) is 1.95. The lowest BCUT2D eigenvalue weighted by atomic mass is 10.1. The van der Waals surface area contributed by atoms with Crippen LogP contribution >= 0.6 is 0 Å². The molecule has 2 saturated heterocycles. The van der Waals surface area contributed by atoms with Gasteiger partial charge in [-0.3, -0.25) is 4.68 Å². The number of piperidine rings is 1. The Kier molecular flexibility index (Phi) is 3.16. The van der Waals surface area contributed by atoms with Gasteiger partial charge in [0, 0.05) is 33.2 Å². The third kappa shape index (κ3) is 2.22. The highest BCUT2D eigenvalue weighted by Gasteiger charge is 2.22. The van der Waals surface area contributed by atoms with E-state index in [9.17, 15) is 0 Å². The summed E-state index contributed by atoms with van der Waals surface area (Å²) in [5.41, 5.74) is 0.951. The van der Waals surface area contributed by atoms with Crippen molar-refractivity contribution >= 4 is 22.8 Å². The Balaban J connectivity index is 1.81. The molecule has 4 heterocycles. The molecule has 2 aliphatic heterocycles. The van der Waals surface area contributed by atoms with Crippen molar-refractivity contribution in [1.29, 1.82) is 0 Å². The maximum atomic E-state index is 4.91. The number of hydrogen-bond acceptors (Lipinski definition) is 5. The molecule has 4 rings (SSSR count). The number of rotatable bonds is 2. The minimum absolute atomic E-state index is 0.882. The number of hydrogen-bond donors (Lipinski definition) is 0. The molecule has 0 N–H and O–H groups in total. The van der Waals surface area contributed by atoms with Gasteiger partial charge in [-0.1, -0.05) is 0 Å². The average Bonchev–Trinajstić information content (AvgIpc) is 3.18.